The molecule has 3 heteroatoms. The Morgan fingerprint density at radius 2 is 1.81 bits per heavy atom. The van der Waals surface area contributed by atoms with Crippen LogP contribution < -0.4 is 4.46 Å². The average Bonchev–Trinajstić information content (AvgIpc) is 2.36. The third kappa shape index (κ3) is 1.84. The van der Waals surface area contributed by atoms with Gasteiger partial charge >= 0.3 is 102 Å². The molecule has 0 amide bonds. The fourth-order valence-corrected chi connectivity index (χ4v) is 5.16. The molecule has 84 valence electrons. The Bertz CT molecular complexity index is 384. The van der Waals surface area contributed by atoms with Gasteiger partial charge in [-0.3, -0.25) is 0 Å². The van der Waals surface area contributed by atoms with Crippen molar-refractivity contribution in [1.82, 2.24) is 4.90 Å². The van der Waals surface area contributed by atoms with Gasteiger partial charge in [-0.2, -0.15) is 0 Å². The molecule has 1 aromatic carbocycles. The van der Waals surface area contributed by atoms with Gasteiger partial charge in [0.05, 0.1) is 0 Å². The number of piperidine rings is 3. The van der Waals surface area contributed by atoms with E-state index in [1.165, 1.54) is 4.46 Å². The minimum absolute atomic E-state index is 0.224. The van der Waals surface area contributed by atoms with Crippen LogP contribution in [0.2, 0.25) is 0 Å². The second-order valence-corrected chi connectivity index (χ2v) is 6.92. The number of nitrogens with zero attached hydrogens (tertiary/aromatic N) is 1. The van der Waals surface area contributed by atoms with E-state index >= 15 is 0 Å². The molecular weight excluding hydrogens is 265 g/mol. The van der Waals surface area contributed by atoms with Gasteiger partial charge in [-0.15, -0.1) is 0 Å². The summed E-state index contributed by atoms with van der Waals surface area (Å²) in [7, 11) is 0. The van der Waals surface area contributed by atoms with Crippen LogP contribution in [0, 0.1) is 5.92 Å². The molecule has 0 spiro atoms. The van der Waals surface area contributed by atoms with Gasteiger partial charge in [0.1, 0.15) is 0 Å². The molecule has 3 saturated heterocycles. The summed E-state index contributed by atoms with van der Waals surface area (Å²) in [5, 5.41) is 0. The fourth-order valence-electron chi connectivity index (χ4n) is 2.56. The van der Waals surface area contributed by atoms with E-state index in [-0.39, 0.29) is 19.9 Å². The summed E-state index contributed by atoms with van der Waals surface area (Å²) in [6, 6.07) is 10.5. The minimum atomic E-state index is 0.224. The summed E-state index contributed by atoms with van der Waals surface area (Å²) in [5.74, 6) is 0.891. The monoisotopic (exact) mass is 281 g/mol. The SMILES string of the molecule is O=C1C2CCN(CC2)C1[Se]c1ccccc1. The van der Waals surface area contributed by atoms with Gasteiger partial charge in [0.15, 0.2) is 0 Å². The van der Waals surface area contributed by atoms with Gasteiger partial charge in [-0.25, -0.2) is 0 Å². The zero-order valence-corrected chi connectivity index (χ0v) is 10.8. The zero-order valence-electron chi connectivity index (χ0n) is 9.13. The number of fused-ring (bicyclic) bond motifs is 3. The summed E-state index contributed by atoms with van der Waals surface area (Å²) >= 11 is 0.289. The van der Waals surface area contributed by atoms with E-state index in [0.29, 0.717) is 11.7 Å². The Morgan fingerprint density at radius 3 is 2.44 bits per heavy atom. The van der Waals surface area contributed by atoms with Gasteiger partial charge in [-0.05, 0) is 0 Å². The van der Waals surface area contributed by atoms with Crippen molar-refractivity contribution in [3.05, 3.63) is 30.3 Å². The Kier molecular flexibility index (Phi) is 2.84. The Labute approximate surface area is 102 Å². The molecule has 16 heavy (non-hydrogen) atoms. The molecular formula is C13H15NOSe. The van der Waals surface area contributed by atoms with E-state index in [0.717, 1.165) is 25.9 Å². The van der Waals surface area contributed by atoms with Crippen LogP contribution in [0.5, 0.6) is 0 Å². The van der Waals surface area contributed by atoms with E-state index < -0.39 is 0 Å². The quantitative estimate of drug-likeness (QED) is 0.741. The van der Waals surface area contributed by atoms with Gasteiger partial charge < -0.3 is 0 Å². The third-order valence-electron chi connectivity index (χ3n) is 3.50. The first-order valence-electron chi connectivity index (χ1n) is 5.84. The summed E-state index contributed by atoms with van der Waals surface area (Å²) in [6.07, 6.45) is 2.19. The molecule has 0 saturated carbocycles. The second-order valence-electron chi connectivity index (χ2n) is 4.50. The predicted octanol–water partition coefficient (Wildman–Crippen LogP) is 0.637. The summed E-state index contributed by atoms with van der Waals surface area (Å²) < 4.78 is 1.35. The number of rotatable bonds is 2. The molecule has 3 fully saturated rings. The van der Waals surface area contributed by atoms with Crippen molar-refractivity contribution in [3.8, 4) is 0 Å². The Morgan fingerprint density at radius 1 is 1.12 bits per heavy atom. The molecule has 0 aromatic heterocycles. The van der Waals surface area contributed by atoms with E-state index in [1.807, 2.05) is 6.07 Å². The average molecular weight is 280 g/mol. The molecule has 3 aliphatic heterocycles. The zero-order chi connectivity index (χ0) is 11.0. The fraction of sp³-hybridized carbons (Fsp3) is 0.462. The number of carbonyl (C=O) groups is 1. The summed E-state index contributed by atoms with van der Waals surface area (Å²) in [5.41, 5.74) is 0. The van der Waals surface area contributed by atoms with Crippen molar-refractivity contribution in [1.29, 1.82) is 0 Å². The maximum absolute atomic E-state index is 12.2. The van der Waals surface area contributed by atoms with Crippen LogP contribution in [-0.4, -0.2) is 43.7 Å². The standard InChI is InChI=1S/C13H15NOSe/c15-12-10-6-8-14(9-7-10)13(12)16-11-4-2-1-3-5-11/h1-5,10,13H,6-9H2. The molecule has 3 heterocycles. The molecule has 0 radical (unpaired) electrons. The maximum atomic E-state index is 12.2. The molecule has 2 bridgehead atoms. The molecule has 2 nitrogen and oxygen atoms in total. The van der Waals surface area contributed by atoms with E-state index in [4.69, 9.17) is 0 Å². The predicted molar refractivity (Wildman–Crippen MR) is 64.9 cm³/mol. The van der Waals surface area contributed by atoms with Crippen molar-refractivity contribution in [2.75, 3.05) is 13.1 Å². The number of ketones is 1. The number of hydrogen-bond acceptors (Lipinski definition) is 2. The molecule has 0 N–H and O–H groups in total. The van der Waals surface area contributed by atoms with E-state index in [1.54, 1.807) is 0 Å². The third-order valence-corrected chi connectivity index (χ3v) is 6.22. The van der Waals surface area contributed by atoms with Gasteiger partial charge in [-0.1, -0.05) is 0 Å². The normalized spacial score (nSPS) is 33.0. The molecule has 3 aliphatic rings. The van der Waals surface area contributed by atoms with Gasteiger partial charge in [0.25, 0.3) is 0 Å². The first-order valence-corrected chi connectivity index (χ1v) is 7.68. The molecule has 1 unspecified atom stereocenters. The molecule has 1 aromatic rings. The van der Waals surface area contributed by atoms with Crippen molar-refractivity contribution in [2.24, 2.45) is 5.92 Å². The number of benzene rings is 1. The van der Waals surface area contributed by atoms with Crippen LogP contribution in [0.4, 0.5) is 0 Å². The van der Waals surface area contributed by atoms with Crippen molar-refractivity contribution in [3.63, 3.8) is 0 Å². The topological polar surface area (TPSA) is 20.3 Å². The van der Waals surface area contributed by atoms with E-state index in [2.05, 4.69) is 29.2 Å². The van der Waals surface area contributed by atoms with Crippen molar-refractivity contribution < 1.29 is 4.79 Å². The van der Waals surface area contributed by atoms with Crippen LogP contribution in [0.3, 0.4) is 0 Å². The van der Waals surface area contributed by atoms with Gasteiger partial charge in [0.2, 0.25) is 0 Å². The van der Waals surface area contributed by atoms with Crippen molar-refractivity contribution >= 4 is 25.2 Å². The Balaban J connectivity index is 1.78. The molecule has 1 atom stereocenters. The van der Waals surface area contributed by atoms with Crippen LogP contribution >= 0.6 is 0 Å². The van der Waals surface area contributed by atoms with Crippen LogP contribution in [0.25, 0.3) is 0 Å². The molecule has 4 rings (SSSR count). The van der Waals surface area contributed by atoms with Crippen LogP contribution in [-0.2, 0) is 4.79 Å². The number of carbonyl (C=O) groups excluding carboxylic acids is 1. The second kappa shape index (κ2) is 4.32. The van der Waals surface area contributed by atoms with Gasteiger partial charge in [0, 0.05) is 0 Å². The summed E-state index contributed by atoms with van der Waals surface area (Å²) in [4.78, 5) is 14.8. The van der Waals surface area contributed by atoms with Crippen molar-refractivity contribution in [2.45, 2.75) is 17.8 Å². The number of Topliss-reactive ketones (excluding diaryl/α,β-unsaturated/α-hetero) is 1. The molecule has 0 aliphatic carbocycles. The number of hydrogen-bond donors (Lipinski definition) is 0. The van der Waals surface area contributed by atoms with Crippen LogP contribution in [0.15, 0.2) is 30.3 Å². The van der Waals surface area contributed by atoms with Crippen LogP contribution in [0.1, 0.15) is 12.8 Å². The van der Waals surface area contributed by atoms with E-state index in [9.17, 15) is 4.79 Å². The first-order chi connectivity index (χ1) is 7.84. The first kappa shape index (κ1) is 10.5. The Hall–Kier alpha value is -0.631. The summed E-state index contributed by atoms with van der Waals surface area (Å²) in [6.45, 7) is 2.27.